The second-order valence-electron chi connectivity index (χ2n) is 6.03. The number of nitrogens with one attached hydrogen (secondary N) is 1. The van der Waals surface area contributed by atoms with Gasteiger partial charge in [-0.1, -0.05) is 11.6 Å². The standard InChI is InChI=1S/C20H19ClN2O4/c1-27-17-7-4-14-10-15(19(25)22-18(14)11-17)12-23(8-9-24)20(26)13-2-5-16(21)6-3-13/h2-7,10-11,24H,8-9,12H2,1H3,(H,22,25). The van der Waals surface area contributed by atoms with Gasteiger partial charge in [0.25, 0.3) is 11.5 Å². The predicted molar refractivity (Wildman–Crippen MR) is 104 cm³/mol. The lowest BCUT2D eigenvalue weighted by molar-refractivity contribution is 0.0707. The SMILES string of the molecule is COc1ccc2cc(CN(CCO)C(=O)c3ccc(Cl)cc3)c(=O)[nH]c2c1. The highest BCUT2D eigenvalue weighted by atomic mass is 35.5. The second-order valence-corrected chi connectivity index (χ2v) is 6.47. The van der Waals surface area contributed by atoms with E-state index in [-0.39, 0.29) is 31.2 Å². The van der Waals surface area contributed by atoms with Crippen LogP contribution >= 0.6 is 11.6 Å². The zero-order valence-corrected chi connectivity index (χ0v) is 15.5. The summed E-state index contributed by atoms with van der Waals surface area (Å²) in [7, 11) is 1.56. The number of carbonyl (C=O) groups excluding carboxylic acids is 1. The maximum Gasteiger partial charge on any atom is 0.254 e. The molecule has 0 aliphatic carbocycles. The minimum atomic E-state index is -0.289. The van der Waals surface area contributed by atoms with Crippen LogP contribution in [0.5, 0.6) is 5.75 Å². The number of methoxy groups -OCH3 is 1. The minimum Gasteiger partial charge on any atom is -0.497 e. The highest BCUT2D eigenvalue weighted by Crippen LogP contribution is 2.19. The molecule has 0 aliphatic heterocycles. The zero-order chi connectivity index (χ0) is 19.4. The Hall–Kier alpha value is -2.83. The van der Waals surface area contributed by atoms with Crippen molar-refractivity contribution < 1.29 is 14.6 Å². The number of carbonyl (C=O) groups is 1. The van der Waals surface area contributed by atoms with Crippen LogP contribution in [0.25, 0.3) is 10.9 Å². The fraction of sp³-hybridized carbons (Fsp3) is 0.200. The van der Waals surface area contributed by atoms with Crippen molar-refractivity contribution >= 4 is 28.4 Å². The van der Waals surface area contributed by atoms with Crippen LogP contribution in [-0.2, 0) is 6.54 Å². The van der Waals surface area contributed by atoms with Gasteiger partial charge in [-0.2, -0.15) is 0 Å². The maximum absolute atomic E-state index is 12.8. The van der Waals surface area contributed by atoms with E-state index in [0.29, 0.717) is 27.4 Å². The van der Waals surface area contributed by atoms with E-state index in [0.717, 1.165) is 5.39 Å². The molecular formula is C20H19ClN2O4. The summed E-state index contributed by atoms with van der Waals surface area (Å²) < 4.78 is 5.17. The molecule has 27 heavy (non-hydrogen) atoms. The Kier molecular flexibility index (Phi) is 5.78. The average molecular weight is 387 g/mol. The van der Waals surface area contributed by atoms with Crippen LogP contribution in [0.3, 0.4) is 0 Å². The Bertz CT molecular complexity index is 1010. The number of hydrogen-bond acceptors (Lipinski definition) is 4. The van der Waals surface area contributed by atoms with Crippen LogP contribution in [0.15, 0.2) is 53.3 Å². The largest absolute Gasteiger partial charge is 0.497 e. The van der Waals surface area contributed by atoms with Gasteiger partial charge in [-0.25, -0.2) is 0 Å². The average Bonchev–Trinajstić information content (AvgIpc) is 2.67. The van der Waals surface area contributed by atoms with E-state index in [4.69, 9.17) is 16.3 Å². The third kappa shape index (κ3) is 4.30. The molecule has 140 valence electrons. The first-order valence-corrected chi connectivity index (χ1v) is 8.75. The Morgan fingerprint density at radius 2 is 1.93 bits per heavy atom. The van der Waals surface area contributed by atoms with Gasteiger partial charge in [-0.3, -0.25) is 9.59 Å². The Morgan fingerprint density at radius 1 is 1.19 bits per heavy atom. The molecule has 0 aliphatic rings. The lowest BCUT2D eigenvalue weighted by Gasteiger charge is -2.22. The predicted octanol–water partition coefficient (Wildman–Crippen LogP) is 2.82. The summed E-state index contributed by atoms with van der Waals surface area (Å²) in [4.78, 5) is 29.5. The minimum absolute atomic E-state index is 0.0827. The number of nitrogens with zero attached hydrogens (tertiary/aromatic N) is 1. The smallest absolute Gasteiger partial charge is 0.254 e. The third-order valence-corrected chi connectivity index (χ3v) is 4.49. The third-order valence-electron chi connectivity index (χ3n) is 4.24. The van der Waals surface area contributed by atoms with Gasteiger partial charge in [0.15, 0.2) is 0 Å². The van der Waals surface area contributed by atoms with Gasteiger partial charge in [0, 0.05) is 28.8 Å². The zero-order valence-electron chi connectivity index (χ0n) is 14.7. The van der Waals surface area contributed by atoms with Gasteiger partial charge < -0.3 is 19.7 Å². The van der Waals surface area contributed by atoms with Crippen LogP contribution in [0, 0.1) is 0 Å². The summed E-state index contributed by atoms with van der Waals surface area (Å²) in [6.07, 6.45) is 0. The van der Waals surface area contributed by atoms with Gasteiger partial charge in [-0.15, -0.1) is 0 Å². The topological polar surface area (TPSA) is 82.6 Å². The van der Waals surface area contributed by atoms with Gasteiger partial charge in [0.2, 0.25) is 0 Å². The quantitative estimate of drug-likeness (QED) is 0.682. The first-order valence-electron chi connectivity index (χ1n) is 8.37. The number of ether oxygens (including phenoxy) is 1. The van der Waals surface area contributed by atoms with Crippen molar-refractivity contribution in [3.63, 3.8) is 0 Å². The lowest BCUT2D eigenvalue weighted by atomic mass is 10.1. The van der Waals surface area contributed by atoms with Crippen molar-refractivity contribution in [3.05, 3.63) is 75.0 Å². The number of fused-ring (bicyclic) bond motifs is 1. The number of benzene rings is 2. The van der Waals surface area contributed by atoms with Crippen LogP contribution in [0.2, 0.25) is 5.02 Å². The molecular weight excluding hydrogens is 368 g/mol. The first kappa shape index (κ1) is 18.9. The van der Waals surface area contributed by atoms with Gasteiger partial charge in [0.05, 0.1) is 25.8 Å². The van der Waals surface area contributed by atoms with E-state index in [1.165, 1.54) is 4.90 Å². The lowest BCUT2D eigenvalue weighted by Crippen LogP contribution is -2.35. The molecule has 0 saturated carbocycles. The molecule has 0 atom stereocenters. The number of aliphatic hydroxyl groups is 1. The van der Waals surface area contributed by atoms with Crippen LogP contribution in [-0.4, -0.2) is 41.2 Å². The number of rotatable bonds is 6. The summed E-state index contributed by atoms with van der Waals surface area (Å²) in [5.74, 6) is 0.362. The number of aromatic nitrogens is 1. The highest BCUT2D eigenvalue weighted by molar-refractivity contribution is 6.30. The molecule has 3 aromatic rings. The summed E-state index contributed by atoms with van der Waals surface area (Å²) in [5, 5.41) is 10.7. The van der Waals surface area contributed by atoms with E-state index in [2.05, 4.69) is 4.98 Å². The maximum atomic E-state index is 12.8. The van der Waals surface area contributed by atoms with Crippen molar-refractivity contribution in [2.24, 2.45) is 0 Å². The summed E-state index contributed by atoms with van der Waals surface area (Å²) in [6, 6.07) is 13.6. The molecule has 6 nitrogen and oxygen atoms in total. The molecule has 1 amide bonds. The molecule has 0 spiro atoms. The van der Waals surface area contributed by atoms with Crippen LogP contribution in [0.1, 0.15) is 15.9 Å². The molecule has 0 radical (unpaired) electrons. The summed E-state index contributed by atoms with van der Waals surface area (Å²) in [5.41, 5.74) is 1.24. The van der Waals surface area contributed by atoms with Crippen molar-refractivity contribution in [1.29, 1.82) is 0 Å². The van der Waals surface area contributed by atoms with Crippen molar-refractivity contribution in [3.8, 4) is 5.75 Å². The highest BCUT2D eigenvalue weighted by Gasteiger charge is 2.17. The Balaban J connectivity index is 1.91. The molecule has 0 bridgehead atoms. The molecule has 0 unspecified atom stereocenters. The fourth-order valence-electron chi connectivity index (χ4n) is 2.82. The van der Waals surface area contributed by atoms with Crippen molar-refractivity contribution in [2.45, 2.75) is 6.54 Å². The van der Waals surface area contributed by atoms with E-state index in [9.17, 15) is 14.7 Å². The first-order chi connectivity index (χ1) is 13.0. The number of amides is 1. The van der Waals surface area contributed by atoms with Gasteiger partial charge in [-0.05, 0) is 47.9 Å². The molecule has 3 rings (SSSR count). The van der Waals surface area contributed by atoms with Crippen LogP contribution in [0.4, 0.5) is 0 Å². The van der Waals surface area contributed by atoms with Crippen molar-refractivity contribution in [2.75, 3.05) is 20.3 Å². The van der Waals surface area contributed by atoms with Crippen LogP contribution < -0.4 is 10.3 Å². The normalized spacial score (nSPS) is 10.8. The monoisotopic (exact) mass is 386 g/mol. The fourth-order valence-corrected chi connectivity index (χ4v) is 2.95. The van der Waals surface area contributed by atoms with E-state index >= 15 is 0 Å². The number of aliphatic hydroxyl groups excluding tert-OH is 1. The number of aromatic amines is 1. The molecule has 2 N–H and O–H groups in total. The number of halogens is 1. The summed E-state index contributed by atoms with van der Waals surface area (Å²) >= 11 is 5.87. The molecule has 0 fully saturated rings. The van der Waals surface area contributed by atoms with Crippen molar-refractivity contribution in [1.82, 2.24) is 9.88 Å². The van der Waals surface area contributed by atoms with E-state index < -0.39 is 0 Å². The number of hydrogen-bond donors (Lipinski definition) is 2. The molecule has 2 aromatic carbocycles. The number of H-pyrrole nitrogens is 1. The molecule has 0 saturated heterocycles. The molecule has 7 heteroatoms. The molecule has 1 aromatic heterocycles. The van der Waals surface area contributed by atoms with Gasteiger partial charge in [0.1, 0.15) is 5.75 Å². The Morgan fingerprint density at radius 3 is 2.59 bits per heavy atom. The van der Waals surface area contributed by atoms with E-state index in [1.807, 2.05) is 6.07 Å². The van der Waals surface area contributed by atoms with Gasteiger partial charge >= 0.3 is 0 Å². The second kappa shape index (κ2) is 8.24. The van der Waals surface area contributed by atoms with E-state index in [1.54, 1.807) is 49.6 Å². The summed E-state index contributed by atoms with van der Waals surface area (Å²) in [6.45, 7) is -0.0110. The molecule has 1 heterocycles. The Labute approximate surface area is 161 Å². The number of pyridine rings is 1.